The molecule has 0 N–H and O–H groups in total. The van der Waals surface area contributed by atoms with Crippen LogP contribution in [0.3, 0.4) is 0 Å². The van der Waals surface area contributed by atoms with Crippen LogP contribution in [-0.4, -0.2) is 45.1 Å². The quantitative estimate of drug-likeness (QED) is 0.716. The molecule has 0 aromatic carbocycles. The van der Waals surface area contributed by atoms with Gasteiger partial charge in [-0.25, -0.2) is 0 Å². The van der Waals surface area contributed by atoms with Gasteiger partial charge in [-0.1, -0.05) is 0 Å². The van der Waals surface area contributed by atoms with E-state index in [-0.39, 0.29) is 11.2 Å². The van der Waals surface area contributed by atoms with Crippen LogP contribution in [0.25, 0.3) is 0 Å². The fourth-order valence-corrected chi connectivity index (χ4v) is 1.96. The van der Waals surface area contributed by atoms with E-state index in [1.807, 2.05) is 33.8 Å². The minimum absolute atomic E-state index is 0.373. The minimum Gasteiger partial charge on any atom is -0.399 e. The summed E-state index contributed by atoms with van der Waals surface area (Å²) in [5.41, 5.74) is 0.0761. The summed E-state index contributed by atoms with van der Waals surface area (Å²) in [4.78, 5) is 0. The van der Waals surface area contributed by atoms with Gasteiger partial charge in [0.05, 0.1) is 11.2 Å². The Morgan fingerprint density at radius 1 is 1.06 bits per heavy atom. The third-order valence-electron chi connectivity index (χ3n) is 3.83. The summed E-state index contributed by atoms with van der Waals surface area (Å²) >= 11 is 0. The van der Waals surface area contributed by atoms with Crippen molar-refractivity contribution in [3.8, 4) is 0 Å². The third kappa shape index (κ3) is 2.23. The molecular weight excluding hydrogens is 235 g/mol. The van der Waals surface area contributed by atoms with Gasteiger partial charge in [0, 0.05) is 19.7 Å². The molecule has 2 rings (SSSR count). The molecule has 1 saturated heterocycles. The Kier molecular flexibility index (Phi) is 3.59. The zero-order chi connectivity index (χ0) is 13.6. The molecule has 5 nitrogen and oxygen atoms in total. The van der Waals surface area contributed by atoms with Crippen molar-refractivity contribution >= 4 is 7.12 Å². The normalized spacial score (nSPS) is 33.9. The molecule has 2 aliphatic heterocycles. The molecule has 102 valence electrons. The Morgan fingerprint density at radius 2 is 1.61 bits per heavy atom. The van der Waals surface area contributed by atoms with Gasteiger partial charge in [-0.05, 0) is 33.8 Å². The largest absolute Gasteiger partial charge is 0.495 e. The second-order valence-corrected chi connectivity index (χ2v) is 5.56. The van der Waals surface area contributed by atoms with Crippen molar-refractivity contribution < 1.29 is 23.5 Å². The molecule has 0 radical (unpaired) electrons. The fourth-order valence-electron chi connectivity index (χ4n) is 1.96. The van der Waals surface area contributed by atoms with Crippen molar-refractivity contribution in [1.29, 1.82) is 0 Å². The number of methoxy groups -OCH3 is 2. The molecule has 2 heterocycles. The van der Waals surface area contributed by atoms with Crippen molar-refractivity contribution in [2.24, 2.45) is 0 Å². The maximum Gasteiger partial charge on any atom is 0.495 e. The van der Waals surface area contributed by atoms with E-state index in [9.17, 15) is 0 Å². The molecule has 0 saturated carbocycles. The van der Waals surface area contributed by atoms with E-state index in [0.717, 1.165) is 5.47 Å². The molecule has 0 bridgehead atoms. The van der Waals surface area contributed by atoms with Gasteiger partial charge < -0.3 is 23.5 Å². The van der Waals surface area contributed by atoms with E-state index in [2.05, 4.69) is 0 Å². The summed E-state index contributed by atoms with van der Waals surface area (Å²) in [6, 6.07) is 0. The standard InChI is InChI=1S/C12H21BO5/c1-11(2)12(3,4)18-13(17-11)8-7-9(14-5)16-10(8)15-6/h7,9-10H,1-6H3. The molecule has 0 aromatic heterocycles. The molecule has 2 atom stereocenters. The number of hydrogen-bond acceptors (Lipinski definition) is 5. The van der Waals surface area contributed by atoms with Gasteiger partial charge in [0.25, 0.3) is 0 Å². The van der Waals surface area contributed by atoms with E-state index in [1.165, 1.54) is 0 Å². The van der Waals surface area contributed by atoms with Crippen LogP contribution in [0.4, 0.5) is 0 Å². The van der Waals surface area contributed by atoms with Crippen LogP contribution >= 0.6 is 0 Å². The van der Waals surface area contributed by atoms with Crippen LogP contribution in [0.2, 0.25) is 0 Å². The van der Waals surface area contributed by atoms with E-state index < -0.39 is 19.7 Å². The Hall–Kier alpha value is -0.395. The van der Waals surface area contributed by atoms with Crippen molar-refractivity contribution in [3.63, 3.8) is 0 Å². The lowest BCUT2D eigenvalue weighted by molar-refractivity contribution is -0.175. The second-order valence-electron chi connectivity index (χ2n) is 5.56. The van der Waals surface area contributed by atoms with Crippen LogP contribution in [0.1, 0.15) is 27.7 Å². The summed E-state index contributed by atoms with van der Waals surface area (Å²) in [6.07, 6.45) is 0.949. The molecule has 0 aliphatic carbocycles. The first-order chi connectivity index (χ1) is 8.30. The average Bonchev–Trinajstić information content (AvgIpc) is 2.78. The Balaban J connectivity index is 2.18. The highest BCUT2D eigenvalue weighted by Crippen LogP contribution is 2.40. The smallest absolute Gasteiger partial charge is 0.399 e. The summed E-state index contributed by atoms with van der Waals surface area (Å²) in [5.74, 6) is 0. The summed E-state index contributed by atoms with van der Waals surface area (Å²) < 4.78 is 27.9. The van der Waals surface area contributed by atoms with Gasteiger partial charge in [0.15, 0.2) is 12.6 Å². The first-order valence-corrected chi connectivity index (χ1v) is 6.09. The summed E-state index contributed by atoms with van der Waals surface area (Å²) in [7, 11) is 2.71. The molecule has 2 unspecified atom stereocenters. The van der Waals surface area contributed by atoms with Gasteiger partial charge in [0.2, 0.25) is 0 Å². The molecule has 0 amide bonds. The van der Waals surface area contributed by atoms with Crippen LogP contribution in [0.5, 0.6) is 0 Å². The first kappa shape index (κ1) is 14.0. The van der Waals surface area contributed by atoms with E-state index in [4.69, 9.17) is 23.5 Å². The maximum atomic E-state index is 5.97. The lowest BCUT2D eigenvalue weighted by Crippen LogP contribution is -2.41. The van der Waals surface area contributed by atoms with Crippen LogP contribution < -0.4 is 0 Å². The molecular formula is C12H21BO5. The zero-order valence-electron chi connectivity index (χ0n) is 11.9. The van der Waals surface area contributed by atoms with Gasteiger partial charge in [0.1, 0.15) is 0 Å². The predicted molar refractivity (Wildman–Crippen MR) is 66.8 cm³/mol. The van der Waals surface area contributed by atoms with Gasteiger partial charge in [-0.3, -0.25) is 0 Å². The average molecular weight is 256 g/mol. The lowest BCUT2D eigenvalue weighted by atomic mass is 9.78. The van der Waals surface area contributed by atoms with Crippen molar-refractivity contribution in [2.75, 3.05) is 14.2 Å². The van der Waals surface area contributed by atoms with E-state index in [0.29, 0.717) is 0 Å². The molecule has 2 aliphatic rings. The molecule has 0 aromatic rings. The second kappa shape index (κ2) is 4.61. The van der Waals surface area contributed by atoms with Crippen molar-refractivity contribution in [1.82, 2.24) is 0 Å². The Bertz CT molecular complexity index is 336. The number of ether oxygens (including phenoxy) is 3. The monoisotopic (exact) mass is 256 g/mol. The predicted octanol–water partition coefficient (Wildman–Crippen LogP) is 1.52. The maximum absolute atomic E-state index is 5.97. The molecule has 0 spiro atoms. The molecule has 6 heteroatoms. The van der Waals surface area contributed by atoms with Gasteiger partial charge in [-0.2, -0.15) is 0 Å². The summed E-state index contributed by atoms with van der Waals surface area (Å²) in [5, 5.41) is 0. The highest BCUT2D eigenvalue weighted by molar-refractivity contribution is 6.55. The SMILES string of the molecule is COC1C=C(B2OC(C)(C)C(C)(C)O2)C(OC)O1. The minimum atomic E-state index is -0.482. The lowest BCUT2D eigenvalue weighted by Gasteiger charge is -2.32. The molecule has 18 heavy (non-hydrogen) atoms. The zero-order valence-corrected chi connectivity index (χ0v) is 11.9. The van der Waals surface area contributed by atoms with Gasteiger partial charge >= 0.3 is 7.12 Å². The van der Waals surface area contributed by atoms with Crippen LogP contribution in [0, 0.1) is 0 Å². The highest BCUT2D eigenvalue weighted by Gasteiger charge is 2.54. The van der Waals surface area contributed by atoms with E-state index >= 15 is 0 Å². The van der Waals surface area contributed by atoms with Crippen molar-refractivity contribution in [2.45, 2.75) is 51.5 Å². The van der Waals surface area contributed by atoms with Crippen LogP contribution in [0.15, 0.2) is 11.5 Å². The highest BCUT2D eigenvalue weighted by atomic mass is 16.8. The summed E-state index contributed by atoms with van der Waals surface area (Å²) in [6.45, 7) is 8.05. The van der Waals surface area contributed by atoms with Crippen molar-refractivity contribution in [3.05, 3.63) is 11.5 Å². The van der Waals surface area contributed by atoms with Gasteiger partial charge in [-0.15, -0.1) is 0 Å². The van der Waals surface area contributed by atoms with Crippen LogP contribution in [-0.2, 0) is 23.5 Å². The van der Waals surface area contributed by atoms with E-state index in [1.54, 1.807) is 14.2 Å². The Morgan fingerprint density at radius 3 is 2.06 bits per heavy atom. The Labute approximate surface area is 109 Å². The third-order valence-corrected chi connectivity index (χ3v) is 3.83. The fraction of sp³-hybridized carbons (Fsp3) is 0.833. The molecule has 1 fully saturated rings. The first-order valence-electron chi connectivity index (χ1n) is 6.09. The topological polar surface area (TPSA) is 46.2 Å². The number of hydrogen-bond donors (Lipinski definition) is 0. The number of rotatable bonds is 3.